The number of fused-ring (bicyclic) bond motifs is 1. The summed E-state index contributed by atoms with van der Waals surface area (Å²) in [6.45, 7) is 0.704. The van der Waals surface area contributed by atoms with Crippen LogP contribution in [0, 0.1) is 11.6 Å². The first-order valence-corrected chi connectivity index (χ1v) is 9.37. The van der Waals surface area contributed by atoms with Gasteiger partial charge in [0.05, 0.1) is 17.8 Å². The topological polar surface area (TPSA) is 77.3 Å². The highest BCUT2D eigenvalue weighted by molar-refractivity contribution is 5.86. The maximum atomic E-state index is 14.4. The molecule has 0 aliphatic carbocycles. The van der Waals surface area contributed by atoms with Crippen LogP contribution in [0.15, 0.2) is 42.9 Å². The van der Waals surface area contributed by atoms with Gasteiger partial charge in [-0.2, -0.15) is 5.10 Å². The van der Waals surface area contributed by atoms with Crippen LogP contribution in [0.5, 0.6) is 0 Å². The first kappa shape index (κ1) is 17.6. The van der Waals surface area contributed by atoms with Gasteiger partial charge in [0, 0.05) is 37.1 Å². The predicted octanol–water partition coefficient (Wildman–Crippen LogP) is 3.33. The van der Waals surface area contributed by atoms with Gasteiger partial charge in [-0.25, -0.2) is 18.3 Å². The van der Waals surface area contributed by atoms with E-state index in [4.69, 9.17) is 10.7 Å². The van der Waals surface area contributed by atoms with Gasteiger partial charge in [0.15, 0.2) is 11.5 Å². The van der Waals surface area contributed by atoms with Gasteiger partial charge in [0.1, 0.15) is 17.5 Å². The molecular weight excluding hydrogens is 376 g/mol. The summed E-state index contributed by atoms with van der Waals surface area (Å²) in [5, 5.41) is 8.53. The summed E-state index contributed by atoms with van der Waals surface area (Å²) in [6, 6.07) is 5.13. The Morgan fingerprint density at radius 2 is 2.07 bits per heavy atom. The highest BCUT2D eigenvalue weighted by atomic mass is 19.1. The third kappa shape index (κ3) is 2.89. The summed E-state index contributed by atoms with van der Waals surface area (Å²) in [6.07, 6.45) is 6.94. The fourth-order valence-corrected chi connectivity index (χ4v) is 4.06. The molecule has 148 valence electrons. The van der Waals surface area contributed by atoms with Crippen molar-refractivity contribution in [3.05, 3.63) is 60.1 Å². The number of nitrogens with two attached hydrogens (primary N) is 1. The lowest BCUT2D eigenvalue weighted by molar-refractivity contribution is 0.560. The third-order valence-corrected chi connectivity index (χ3v) is 5.36. The molecule has 0 spiro atoms. The number of aryl methyl sites for hydroxylation is 1. The second-order valence-electron chi connectivity index (χ2n) is 7.23. The standard InChI is InChI=1S/C20H19F2N7/c1-27-11-12(10-24-27)18-19(23)26-29-8-6-17(25-20(18)29)28-7-2-3-16(28)14-9-13(21)4-5-15(14)22/h4-6,8-11,16H,2-3,7H2,1H3,(H2,23,26). The zero-order chi connectivity index (χ0) is 20.1. The monoisotopic (exact) mass is 395 g/mol. The second-order valence-corrected chi connectivity index (χ2v) is 7.23. The molecule has 3 aromatic heterocycles. The van der Waals surface area contributed by atoms with Gasteiger partial charge in [-0.1, -0.05) is 0 Å². The minimum Gasteiger partial charge on any atom is -0.382 e. The number of halogens is 2. The molecule has 29 heavy (non-hydrogen) atoms. The average molecular weight is 395 g/mol. The third-order valence-electron chi connectivity index (χ3n) is 5.36. The molecule has 1 aliphatic heterocycles. The van der Waals surface area contributed by atoms with E-state index in [1.54, 1.807) is 21.6 Å². The molecule has 0 amide bonds. The zero-order valence-electron chi connectivity index (χ0n) is 15.8. The van der Waals surface area contributed by atoms with Crippen LogP contribution in [0.3, 0.4) is 0 Å². The minimum absolute atomic E-state index is 0.275. The Balaban J connectivity index is 1.60. The second kappa shape index (κ2) is 6.54. The molecule has 0 radical (unpaired) electrons. The van der Waals surface area contributed by atoms with Crippen molar-refractivity contribution in [3.8, 4) is 11.1 Å². The van der Waals surface area contributed by atoms with Gasteiger partial charge in [-0.3, -0.25) is 4.68 Å². The molecule has 0 bridgehead atoms. The Morgan fingerprint density at radius 1 is 1.21 bits per heavy atom. The molecule has 9 heteroatoms. The minimum atomic E-state index is -0.445. The number of anilines is 2. The maximum absolute atomic E-state index is 14.4. The summed E-state index contributed by atoms with van der Waals surface area (Å²) < 4.78 is 31.5. The van der Waals surface area contributed by atoms with E-state index in [2.05, 4.69) is 10.2 Å². The zero-order valence-corrected chi connectivity index (χ0v) is 15.8. The van der Waals surface area contributed by atoms with Gasteiger partial charge < -0.3 is 10.6 Å². The number of aromatic nitrogens is 5. The Kier molecular flexibility index (Phi) is 3.97. The van der Waals surface area contributed by atoms with Gasteiger partial charge in [0.25, 0.3) is 0 Å². The van der Waals surface area contributed by atoms with E-state index in [-0.39, 0.29) is 6.04 Å². The van der Waals surface area contributed by atoms with Crippen LogP contribution in [0.2, 0.25) is 0 Å². The highest BCUT2D eigenvalue weighted by Gasteiger charge is 2.30. The predicted molar refractivity (Wildman–Crippen MR) is 105 cm³/mol. The van der Waals surface area contributed by atoms with E-state index in [0.717, 1.165) is 24.5 Å². The molecule has 1 fully saturated rings. The van der Waals surface area contributed by atoms with Gasteiger partial charge >= 0.3 is 0 Å². The van der Waals surface area contributed by atoms with Gasteiger partial charge in [-0.15, -0.1) is 5.10 Å². The molecule has 1 saturated heterocycles. The van der Waals surface area contributed by atoms with E-state index in [1.165, 1.54) is 12.1 Å². The number of benzene rings is 1. The first-order valence-electron chi connectivity index (χ1n) is 9.37. The Labute approximate surface area is 165 Å². The SMILES string of the molecule is Cn1cc(-c2c(N)nn3ccc(N4CCCC4c4cc(F)ccc4F)nc23)cn1. The summed E-state index contributed by atoms with van der Waals surface area (Å²) in [7, 11) is 1.83. The smallest absolute Gasteiger partial charge is 0.167 e. The summed E-state index contributed by atoms with van der Waals surface area (Å²) in [5.41, 5.74) is 8.61. The molecule has 4 aromatic rings. The molecule has 7 nitrogen and oxygen atoms in total. The number of nitrogen functional groups attached to an aromatic ring is 1. The van der Waals surface area contributed by atoms with Crippen molar-refractivity contribution >= 4 is 17.3 Å². The van der Waals surface area contributed by atoms with Crippen molar-refractivity contribution in [1.82, 2.24) is 24.4 Å². The van der Waals surface area contributed by atoms with Crippen LogP contribution in [0.4, 0.5) is 20.4 Å². The molecule has 1 aromatic carbocycles. The lowest BCUT2D eigenvalue weighted by Crippen LogP contribution is -2.24. The maximum Gasteiger partial charge on any atom is 0.167 e. The summed E-state index contributed by atoms with van der Waals surface area (Å²) >= 11 is 0. The molecular formula is C20H19F2N7. The molecule has 5 rings (SSSR count). The van der Waals surface area contributed by atoms with Crippen molar-refractivity contribution in [2.45, 2.75) is 18.9 Å². The van der Waals surface area contributed by atoms with E-state index < -0.39 is 11.6 Å². The number of hydrogen-bond donors (Lipinski definition) is 1. The van der Waals surface area contributed by atoms with Gasteiger partial charge in [0.2, 0.25) is 0 Å². The Bertz CT molecular complexity index is 1210. The number of nitrogens with zero attached hydrogens (tertiary/aromatic N) is 6. The fraction of sp³-hybridized carbons (Fsp3) is 0.250. The lowest BCUT2D eigenvalue weighted by atomic mass is 10.0. The Hall–Kier alpha value is -3.49. The largest absolute Gasteiger partial charge is 0.382 e. The van der Waals surface area contributed by atoms with Crippen molar-refractivity contribution in [2.24, 2.45) is 7.05 Å². The molecule has 1 unspecified atom stereocenters. The first-order chi connectivity index (χ1) is 14.0. The molecule has 1 aliphatic rings. The van der Waals surface area contributed by atoms with E-state index in [1.807, 2.05) is 24.2 Å². The average Bonchev–Trinajstić information content (AvgIpc) is 3.41. The molecule has 4 heterocycles. The summed E-state index contributed by atoms with van der Waals surface area (Å²) in [5.74, 6) is 0.179. The Morgan fingerprint density at radius 3 is 2.86 bits per heavy atom. The van der Waals surface area contributed by atoms with Crippen LogP contribution in [0.1, 0.15) is 24.4 Å². The molecule has 1 atom stereocenters. The van der Waals surface area contributed by atoms with Crippen molar-refractivity contribution in [1.29, 1.82) is 0 Å². The van der Waals surface area contributed by atoms with E-state index in [0.29, 0.717) is 35.0 Å². The van der Waals surface area contributed by atoms with Crippen molar-refractivity contribution in [2.75, 3.05) is 17.2 Å². The molecule has 2 N–H and O–H groups in total. The van der Waals surface area contributed by atoms with Crippen molar-refractivity contribution in [3.63, 3.8) is 0 Å². The van der Waals surface area contributed by atoms with Crippen LogP contribution in [0.25, 0.3) is 16.8 Å². The van der Waals surface area contributed by atoms with E-state index >= 15 is 0 Å². The van der Waals surface area contributed by atoms with Crippen LogP contribution >= 0.6 is 0 Å². The number of rotatable bonds is 3. The number of hydrogen-bond acceptors (Lipinski definition) is 5. The van der Waals surface area contributed by atoms with Crippen LogP contribution in [-0.4, -0.2) is 30.9 Å². The fourth-order valence-electron chi connectivity index (χ4n) is 4.06. The highest BCUT2D eigenvalue weighted by Crippen LogP contribution is 2.38. The summed E-state index contributed by atoms with van der Waals surface area (Å²) in [4.78, 5) is 6.79. The lowest BCUT2D eigenvalue weighted by Gasteiger charge is -2.26. The quantitative estimate of drug-likeness (QED) is 0.576. The van der Waals surface area contributed by atoms with Gasteiger partial charge in [-0.05, 0) is 37.1 Å². The van der Waals surface area contributed by atoms with E-state index in [9.17, 15) is 8.78 Å². The van der Waals surface area contributed by atoms with Crippen LogP contribution < -0.4 is 10.6 Å². The molecule has 0 saturated carbocycles. The normalized spacial score (nSPS) is 16.8. The van der Waals surface area contributed by atoms with Crippen molar-refractivity contribution < 1.29 is 8.78 Å². The van der Waals surface area contributed by atoms with Crippen LogP contribution in [-0.2, 0) is 7.05 Å².